The Balaban J connectivity index is 0.00000462. The van der Waals surface area contributed by atoms with Crippen molar-refractivity contribution in [2.45, 2.75) is 71.9 Å². The first kappa shape index (κ1) is 32.4. The summed E-state index contributed by atoms with van der Waals surface area (Å²) in [4.78, 5) is 24.1. The molecule has 7 nitrogen and oxygen atoms in total. The average Bonchev–Trinajstić information content (AvgIpc) is 3.22. The number of aromatic nitrogens is 3. The molecule has 3 aromatic carbocycles. The molecule has 0 saturated heterocycles. The quantitative estimate of drug-likeness (QED) is 0.259. The van der Waals surface area contributed by atoms with Crippen molar-refractivity contribution in [2.75, 3.05) is 7.11 Å². The van der Waals surface area contributed by atoms with Crippen LogP contribution in [0.5, 0.6) is 5.75 Å². The predicted octanol–water partition coefficient (Wildman–Crippen LogP) is 1.56. The number of carbonyl (C=O) groups is 1. The second-order valence-corrected chi connectivity index (χ2v) is 11.2. The fraction of sp³-hybridized carbons (Fsp3) is 0.364. The standard InChI is InChI=1S/C33H39N3O4.Na/c1-6-35-30(34-36(32(35)39)22-24-12-17-28(18-13-24)33(2,3)4)9-7-8-23-10-14-25(15-11-23)26-16-19-29(40-5)27(20-26)21-31(37)38;/h10-20H,6-9,21-22H2,1-5H3,(H,37,38);/q;+1/p-1. The van der Waals surface area contributed by atoms with Crippen molar-refractivity contribution in [2.24, 2.45) is 0 Å². The molecule has 0 fully saturated rings. The summed E-state index contributed by atoms with van der Waals surface area (Å²) in [5, 5.41) is 15.8. The van der Waals surface area contributed by atoms with Crippen molar-refractivity contribution in [1.82, 2.24) is 14.3 Å². The maximum absolute atomic E-state index is 13.0. The molecule has 0 aliphatic rings. The SMILES string of the molecule is CCn1c(CCCc2ccc(-c3ccc(OC)c(CC(=O)[O-])c3)cc2)nn(Cc2ccc(C(C)(C)C)cc2)c1=O.[Na+]. The number of carboxylic acid groups (broad SMARTS) is 1. The second-order valence-electron chi connectivity index (χ2n) is 11.2. The van der Waals surface area contributed by atoms with Gasteiger partial charge in [0.05, 0.1) is 13.7 Å². The van der Waals surface area contributed by atoms with E-state index in [1.165, 1.54) is 18.2 Å². The van der Waals surface area contributed by atoms with Crippen LogP contribution in [0.15, 0.2) is 71.5 Å². The molecule has 0 N–H and O–H groups in total. The van der Waals surface area contributed by atoms with Gasteiger partial charge < -0.3 is 14.6 Å². The van der Waals surface area contributed by atoms with Crippen LogP contribution in [0, 0.1) is 0 Å². The minimum absolute atomic E-state index is 0. The van der Waals surface area contributed by atoms with Crippen molar-refractivity contribution in [1.29, 1.82) is 0 Å². The van der Waals surface area contributed by atoms with Crippen LogP contribution in [0.2, 0.25) is 0 Å². The Labute approximate surface area is 264 Å². The Morgan fingerprint density at radius 1 is 0.927 bits per heavy atom. The third-order valence-electron chi connectivity index (χ3n) is 7.24. The number of methoxy groups -OCH3 is 1. The Morgan fingerprint density at radius 2 is 1.56 bits per heavy atom. The van der Waals surface area contributed by atoms with Crippen molar-refractivity contribution < 1.29 is 44.2 Å². The summed E-state index contributed by atoms with van der Waals surface area (Å²) in [6.45, 7) is 9.59. The topological polar surface area (TPSA) is 89.2 Å². The summed E-state index contributed by atoms with van der Waals surface area (Å²) in [6.07, 6.45) is 2.25. The van der Waals surface area contributed by atoms with Crippen LogP contribution in [0.3, 0.4) is 0 Å². The van der Waals surface area contributed by atoms with E-state index in [9.17, 15) is 14.7 Å². The summed E-state index contributed by atoms with van der Waals surface area (Å²) in [5.74, 6) is 0.212. The molecule has 4 rings (SSSR count). The van der Waals surface area contributed by atoms with Gasteiger partial charge in [-0.1, -0.05) is 75.4 Å². The fourth-order valence-electron chi connectivity index (χ4n) is 4.94. The third kappa shape index (κ3) is 8.22. The maximum atomic E-state index is 13.0. The minimum Gasteiger partial charge on any atom is -0.550 e. The molecule has 210 valence electrons. The Bertz CT molecular complexity index is 1510. The zero-order valence-corrected chi connectivity index (χ0v) is 27.1. The molecular formula is C33H38N3NaO4. The summed E-state index contributed by atoms with van der Waals surface area (Å²) < 4.78 is 8.63. The van der Waals surface area contributed by atoms with Crippen molar-refractivity contribution in [3.05, 3.63) is 105 Å². The molecule has 0 radical (unpaired) electrons. The maximum Gasteiger partial charge on any atom is 1.00 e. The van der Waals surface area contributed by atoms with Crippen LogP contribution in [-0.4, -0.2) is 27.4 Å². The molecule has 0 bridgehead atoms. The van der Waals surface area contributed by atoms with Crippen molar-refractivity contribution in [3.8, 4) is 16.9 Å². The molecule has 0 amide bonds. The number of aryl methyl sites for hydroxylation is 2. The first-order chi connectivity index (χ1) is 19.1. The molecule has 4 aromatic rings. The first-order valence-electron chi connectivity index (χ1n) is 13.8. The van der Waals surface area contributed by atoms with Crippen LogP contribution >= 0.6 is 0 Å². The van der Waals surface area contributed by atoms with E-state index in [2.05, 4.69) is 62.3 Å². The van der Waals surface area contributed by atoms with Gasteiger partial charge in [-0.2, -0.15) is 5.10 Å². The second kappa shape index (κ2) is 14.2. The van der Waals surface area contributed by atoms with Gasteiger partial charge in [0.25, 0.3) is 0 Å². The van der Waals surface area contributed by atoms with Gasteiger partial charge in [-0.3, -0.25) is 4.57 Å². The van der Waals surface area contributed by atoms with E-state index < -0.39 is 5.97 Å². The molecule has 8 heteroatoms. The predicted molar refractivity (Wildman–Crippen MR) is 156 cm³/mol. The van der Waals surface area contributed by atoms with Crippen LogP contribution in [0.4, 0.5) is 0 Å². The molecule has 0 aliphatic heterocycles. The molecule has 0 atom stereocenters. The number of ether oxygens (including phenoxy) is 1. The summed E-state index contributed by atoms with van der Waals surface area (Å²) in [7, 11) is 1.53. The van der Waals surface area contributed by atoms with Crippen LogP contribution in [0.25, 0.3) is 11.1 Å². The number of carbonyl (C=O) groups excluding carboxylic acids is 1. The van der Waals surface area contributed by atoms with E-state index >= 15 is 0 Å². The van der Waals surface area contributed by atoms with Gasteiger partial charge in [-0.25, -0.2) is 9.48 Å². The molecule has 0 unspecified atom stereocenters. The first-order valence-corrected chi connectivity index (χ1v) is 13.8. The summed E-state index contributed by atoms with van der Waals surface area (Å²) >= 11 is 0. The monoisotopic (exact) mass is 563 g/mol. The molecule has 1 heterocycles. The number of benzene rings is 3. The van der Waals surface area contributed by atoms with E-state index in [0.717, 1.165) is 35.4 Å². The van der Waals surface area contributed by atoms with E-state index in [1.54, 1.807) is 15.3 Å². The van der Waals surface area contributed by atoms with Gasteiger partial charge in [0.1, 0.15) is 11.6 Å². The molecule has 1 aromatic heterocycles. The number of aliphatic carboxylic acids is 1. The number of carboxylic acids is 1. The molecule has 0 saturated carbocycles. The van der Waals surface area contributed by atoms with Gasteiger partial charge in [0.15, 0.2) is 0 Å². The van der Waals surface area contributed by atoms with Crippen LogP contribution in [-0.2, 0) is 42.6 Å². The van der Waals surface area contributed by atoms with E-state index in [4.69, 9.17) is 4.74 Å². The number of nitrogens with zero attached hydrogens (tertiary/aromatic N) is 3. The van der Waals surface area contributed by atoms with Gasteiger partial charge in [0, 0.05) is 30.9 Å². The Kier molecular flexibility index (Phi) is 11.2. The number of hydrogen-bond donors (Lipinski definition) is 0. The van der Waals surface area contributed by atoms with E-state index in [0.29, 0.717) is 30.8 Å². The normalized spacial score (nSPS) is 11.2. The van der Waals surface area contributed by atoms with Crippen LogP contribution in [0.1, 0.15) is 62.2 Å². The fourth-order valence-corrected chi connectivity index (χ4v) is 4.94. The van der Waals surface area contributed by atoms with Gasteiger partial charge >= 0.3 is 35.2 Å². The zero-order valence-electron chi connectivity index (χ0n) is 25.1. The minimum atomic E-state index is -1.14. The number of rotatable bonds is 11. The zero-order chi connectivity index (χ0) is 28.9. The van der Waals surface area contributed by atoms with Crippen LogP contribution < -0.4 is 45.1 Å². The van der Waals surface area contributed by atoms with Gasteiger partial charge in [-0.05, 0) is 65.1 Å². The van der Waals surface area contributed by atoms with Crippen molar-refractivity contribution >= 4 is 5.97 Å². The molecular weight excluding hydrogens is 525 g/mol. The molecule has 0 spiro atoms. The third-order valence-corrected chi connectivity index (χ3v) is 7.24. The largest absolute Gasteiger partial charge is 1.00 e. The van der Waals surface area contributed by atoms with E-state index in [-0.39, 0.29) is 47.1 Å². The van der Waals surface area contributed by atoms with Gasteiger partial charge in [0.2, 0.25) is 0 Å². The number of hydrogen-bond acceptors (Lipinski definition) is 5. The molecule has 0 aliphatic carbocycles. The molecule has 41 heavy (non-hydrogen) atoms. The van der Waals surface area contributed by atoms with Crippen molar-refractivity contribution in [3.63, 3.8) is 0 Å². The summed E-state index contributed by atoms with van der Waals surface area (Å²) in [6, 6.07) is 22.2. The Hall–Kier alpha value is -3.13. The smallest absolute Gasteiger partial charge is 0.550 e. The summed E-state index contributed by atoms with van der Waals surface area (Å²) in [5.41, 5.74) is 6.05. The average molecular weight is 564 g/mol. The Morgan fingerprint density at radius 3 is 2.15 bits per heavy atom. The van der Waals surface area contributed by atoms with Gasteiger partial charge in [-0.15, -0.1) is 0 Å². The van der Waals surface area contributed by atoms with E-state index in [1.807, 2.05) is 31.2 Å².